The van der Waals surface area contributed by atoms with E-state index >= 15 is 0 Å². The van der Waals surface area contributed by atoms with E-state index in [1.165, 1.54) is 5.56 Å². The van der Waals surface area contributed by atoms with Crippen molar-refractivity contribution in [1.82, 2.24) is 10.2 Å². The van der Waals surface area contributed by atoms with Gasteiger partial charge in [-0.25, -0.2) is 4.79 Å². The summed E-state index contributed by atoms with van der Waals surface area (Å²) in [4.78, 5) is 27.5. The van der Waals surface area contributed by atoms with Gasteiger partial charge in [0.2, 0.25) is 0 Å². The van der Waals surface area contributed by atoms with Gasteiger partial charge in [-0.1, -0.05) is 42.5 Å². The van der Waals surface area contributed by atoms with Gasteiger partial charge >= 0.3 is 5.97 Å². The summed E-state index contributed by atoms with van der Waals surface area (Å²) in [5.41, 5.74) is 7.83. The van der Waals surface area contributed by atoms with Crippen molar-refractivity contribution in [2.75, 3.05) is 13.1 Å². The molecular formula is C25H33N3O3. The van der Waals surface area contributed by atoms with Gasteiger partial charge in [0.05, 0.1) is 0 Å². The van der Waals surface area contributed by atoms with Crippen molar-refractivity contribution in [1.29, 1.82) is 0 Å². The van der Waals surface area contributed by atoms with Crippen LogP contribution in [0.1, 0.15) is 61.1 Å². The minimum atomic E-state index is -0.923. The summed E-state index contributed by atoms with van der Waals surface area (Å²) in [5.74, 6) is -0.643. The number of carbonyl (C=O) groups is 2. The topological polar surface area (TPSA) is 84.7 Å². The molecule has 1 aliphatic rings. The molecule has 0 spiro atoms. The van der Waals surface area contributed by atoms with Gasteiger partial charge in [-0.2, -0.15) is 0 Å². The number of ether oxygens (including phenoxy) is 1. The molecule has 0 aromatic heterocycles. The molecule has 1 amide bonds. The SMILES string of the molecule is CC(C)(C)OC(=O)C(N)c1cccc(C(=O)NC2CCN(Cc3ccccc3)CC2)c1. The Bertz CT molecular complexity index is 884. The number of benzene rings is 2. The summed E-state index contributed by atoms with van der Waals surface area (Å²) in [6.45, 7) is 8.23. The number of hydrogen-bond donors (Lipinski definition) is 2. The highest BCUT2D eigenvalue weighted by molar-refractivity contribution is 5.95. The zero-order valence-electron chi connectivity index (χ0n) is 18.6. The summed E-state index contributed by atoms with van der Waals surface area (Å²) in [6.07, 6.45) is 1.82. The zero-order valence-corrected chi connectivity index (χ0v) is 18.6. The van der Waals surface area contributed by atoms with Crippen LogP contribution in [-0.2, 0) is 16.1 Å². The van der Waals surface area contributed by atoms with Crippen LogP contribution in [0.25, 0.3) is 0 Å². The predicted octanol–water partition coefficient (Wildman–Crippen LogP) is 3.42. The van der Waals surface area contributed by atoms with Gasteiger partial charge in [0.25, 0.3) is 5.91 Å². The number of nitrogens with one attached hydrogen (secondary N) is 1. The Morgan fingerprint density at radius 1 is 1.10 bits per heavy atom. The van der Waals surface area contributed by atoms with Gasteiger partial charge in [0, 0.05) is 31.2 Å². The number of esters is 1. The number of nitrogens with zero attached hydrogens (tertiary/aromatic N) is 1. The maximum absolute atomic E-state index is 12.8. The van der Waals surface area contributed by atoms with Crippen LogP contribution in [0.4, 0.5) is 0 Å². The molecule has 0 bridgehead atoms. The Morgan fingerprint density at radius 2 is 1.77 bits per heavy atom. The number of amides is 1. The Morgan fingerprint density at radius 3 is 2.42 bits per heavy atom. The van der Waals surface area contributed by atoms with Crippen LogP contribution in [0, 0.1) is 0 Å². The van der Waals surface area contributed by atoms with E-state index in [9.17, 15) is 9.59 Å². The highest BCUT2D eigenvalue weighted by atomic mass is 16.6. The summed E-state index contributed by atoms with van der Waals surface area (Å²) in [6, 6.07) is 16.6. The minimum Gasteiger partial charge on any atom is -0.459 e. The Kier molecular flexibility index (Phi) is 7.46. The largest absolute Gasteiger partial charge is 0.459 e. The van der Waals surface area contributed by atoms with Crippen LogP contribution in [-0.4, -0.2) is 41.5 Å². The molecule has 1 heterocycles. The van der Waals surface area contributed by atoms with Crippen LogP contribution in [0.3, 0.4) is 0 Å². The van der Waals surface area contributed by atoms with Gasteiger partial charge in [-0.15, -0.1) is 0 Å². The van der Waals surface area contributed by atoms with Crippen LogP contribution in [0.15, 0.2) is 54.6 Å². The number of nitrogens with two attached hydrogens (primary N) is 1. The first-order valence-electron chi connectivity index (χ1n) is 10.9. The Balaban J connectivity index is 1.53. The van der Waals surface area contributed by atoms with E-state index < -0.39 is 17.6 Å². The van der Waals surface area contributed by atoms with Crippen molar-refractivity contribution in [3.8, 4) is 0 Å². The molecule has 1 unspecified atom stereocenters. The minimum absolute atomic E-state index is 0.139. The molecule has 31 heavy (non-hydrogen) atoms. The monoisotopic (exact) mass is 423 g/mol. The summed E-state index contributed by atoms with van der Waals surface area (Å²) in [5, 5.41) is 3.13. The Hall–Kier alpha value is -2.70. The molecule has 1 fully saturated rings. The third kappa shape index (κ3) is 6.91. The fraction of sp³-hybridized carbons (Fsp3) is 0.440. The average molecular weight is 424 g/mol. The van der Waals surface area contributed by atoms with E-state index in [1.54, 1.807) is 45.0 Å². The van der Waals surface area contributed by atoms with Crippen molar-refractivity contribution < 1.29 is 14.3 Å². The number of hydrogen-bond acceptors (Lipinski definition) is 5. The fourth-order valence-corrected chi connectivity index (χ4v) is 3.72. The normalized spacial score (nSPS) is 16.5. The van der Waals surface area contributed by atoms with Gasteiger partial charge in [0.15, 0.2) is 0 Å². The second-order valence-corrected chi connectivity index (χ2v) is 9.15. The van der Waals surface area contributed by atoms with Crippen molar-refractivity contribution in [2.24, 2.45) is 5.73 Å². The molecule has 2 aromatic carbocycles. The molecule has 1 saturated heterocycles. The highest BCUT2D eigenvalue weighted by Gasteiger charge is 2.25. The van der Waals surface area contributed by atoms with Crippen LogP contribution < -0.4 is 11.1 Å². The molecule has 1 aliphatic heterocycles. The van der Waals surface area contributed by atoms with Crippen molar-refractivity contribution >= 4 is 11.9 Å². The Labute approximate surface area is 184 Å². The standard InChI is InChI=1S/C25H33N3O3/c1-25(2,3)31-24(30)22(26)19-10-7-11-20(16-19)23(29)27-21-12-14-28(15-13-21)17-18-8-5-4-6-9-18/h4-11,16,21-22H,12-15,17,26H2,1-3H3,(H,27,29). The lowest BCUT2D eigenvalue weighted by molar-refractivity contribution is -0.156. The van der Waals surface area contributed by atoms with E-state index in [0.29, 0.717) is 11.1 Å². The zero-order chi connectivity index (χ0) is 22.4. The van der Waals surface area contributed by atoms with Crippen molar-refractivity contribution in [2.45, 2.75) is 57.8 Å². The van der Waals surface area contributed by atoms with E-state index in [1.807, 2.05) is 6.07 Å². The lowest BCUT2D eigenvalue weighted by atomic mass is 10.0. The van der Waals surface area contributed by atoms with E-state index in [4.69, 9.17) is 10.5 Å². The first kappa shape index (κ1) is 23.0. The summed E-state index contributed by atoms with van der Waals surface area (Å²) >= 11 is 0. The first-order valence-corrected chi connectivity index (χ1v) is 10.9. The molecule has 0 aliphatic carbocycles. The van der Waals surface area contributed by atoms with Crippen molar-refractivity contribution in [3.05, 3.63) is 71.3 Å². The predicted molar refractivity (Wildman–Crippen MR) is 121 cm³/mol. The molecule has 0 saturated carbocycles. The lowest BCUT2D eigenvalue weighted by Gasteiger charge is -2.32. The molecule has 166 valence electrons. The van der Waals surface area contributed by atoms with Gasteiger partial charge in [-0.3, -0.25) is 9.69 Å². The quantitative estimate of drug-likeness (QED) is 0.696. The molecular weight excluding hydrogens is 390 g/mol. The number of rotatable bonds is 6. The van der Waals surface area contributed by atoms with Gasteiger partial charge < -0.3 is 15.8 Å². The second-order valence-electron chi connectivity index (χ2n) is 9.15. The fourth-order valence-electron chi connectivity index (χ4n) is 3.72. The summed E-state index contributed by atoms with van der Waals surface area (Å²) in [7, 11) is 0. The van der Waals surface area contributed by atoms with Crippen LogP contribution in [0.2, 0.25) is 0 Å². The maximum atomic E-state index is 12.8. The molecule has 1 atom stereocenters. The van der Waals surface area contributed by atoms with Gasteiger partial charge in [-0.05, 0) is 56.9 Å². The molecule has 3 rings (SSSR count). The summed E-state index contributed by atoms with van der Waals surface area (Å²) < 4.78 is 5.36. The van der Waals surface area contributed by atoms with Crippen molar-refractivity contribution in [3.63, 3.8) is 0 Å². The highest BCUT2D eigenvalue weighted by Crippen LogP contribution is 2.19. The molecule has 0 radical (unpaired) electrons. The van der Waals surface area contributed by atoms with Crippen LogP contribution in [0.5, 0.6) is 0 Å². The number of piperidine rings is 1. The van der Waals surface area contributed by atoms with E-state index in [2.05, 4.69) is 34.5 Å². The second kappa shape index (κ2) is 10.1. The third-order valence-electron chi connectivity index (χ3n) is 5.34. The number of likely N-dealkylation sites (tertiary alicyclic amines) is 1. The lowest BCUT2D eigenvalue weighted by Crippen LogP contribution is -2.44. The van der Waals surface area contributed by atoms with Crippen LogP contribution >= 0.6 is 0 Å². The average Bonchev–Trinajstić information content (AvgIpc) is 2.74. The molecule has 6 nitrogen and oxygen atoms in total. The molecule has 6 heteroatoms. The third-order valence-corrected chi connectivity index (χ3v) is 5.34. The smallest absolute Gasteiger partial charge is 0.328 e. The first-order chi connectivity index (χ1) is 14.7. The number of carbonyl (C=O) groups excluding carboxylic acids is 2. The van der Waals surface area contributed by atoms with E-state index in [0.717, 1.165) is 32.5 Å². The van der Waals surface area contributed by atoms with Gasteiger partial charge in [0.1, 0.15) is 11.6 Å². The maximum Gasteiger partial charge on any atom is 0.328 e. The molecule has 3 N–H and O–H groups in total. The van der Waals surface area contributed by atoms with E-state index in [-0.39, 0.29) is 11.9 Å². The molecule has 2 aromatic rings.